The third-order valence-electron chi connectivity index (χ3n) is 1.78. The van der Waals surface area contributed by atoms with Crippen molar-refractivity contribution in [2.24, 2.45) is 0 Å². The molecule has 0 aromatic carbocycles. The summed E-state index contributed by atoms with van der Waals surface area (Å²) in [5.41, 5.74) is 1.37. The monoisotopic (exact) mass is 168 g/mol. The van der Waals surface area contributed by atoms with Crippen LogP contribution in [-0.2, 0) is 0 Å². The van der Waals surface area contributed by atoms with Crippen LogP contribution in [0.2, 0.25) is 0 Å². The summed E-state index contributed by atoms with van der Waals surface area (Å²) in [6, 6.07) is 0. The van der Waals surface area contributed by atoms with Crippen molar-refractivity contribution in [1.29, 1.82) is 0 Å². The second kappa shape index (κ2) is 3.11. The predicted octanol–water partition coefficient (Wildman–Crippen LogP) is -0.111. The van der Waals surface area contributed by atoms with Gasteiger partial charge in [0.15, 0.2) is 0 Å². The molecule has 3 nitrogen and oxygen atoms in total. The minimum Gasteiger partial charge on any atom is -0.343 e. The van der Waals surface area contributed by atoms with Crippen molar-refractivity contribution in [2.75, 3.05) is 13.1 Å². The lowest BCUT2D eigenvalue weighted by atomic mass is 10.1. The van der Waals surface area contributed by atoms with Gasteiger partial charge in [-0.3, -0.25) is 0 Å². The molecule has 0 spiro atoms. The van der Waals surface area contributed by atoms with E-state index in [4.69, 9.17) is 0 Å². The van der Waals surface area contributed by atoms with Gasteiger partial charge in [0.1, 0.15) is 11.3 Å². The lowest BCUT2D eigenvalue weighted by molar-refractivity contribution is -0.646. The van der Waals surface area contributed by atoms with Crippen LogP contribution < -0.4 is 5.32 Å². The minimum absolute atomic E-state index is 1.09. The van der Waals surface area contributed by atoms with Gasteiger partial charge in [-0.25, -0.2) is 4.98 Å². The van der Waals surface area contributed by atoms with Crippen LogP contribution in [0.1, 0.15) is 11.4 Å². The van der Waals surface area contributed by atoms with Crippen LogP contribution in [0, 0.1) is 0 Å². The second-order valence-corrected chi connectivity index (χ2v) is 3.32. The maximum absolute atomic E-state index is 4.17. The summed E-state index contributed by atoms with van der Waals surface area (Å²) in [5.74, 6) is 0. The van der Waals surface area contributed by atoms with Gasteiger partial charge in [-0.2, -0.15) is 4.37 Å². The molecule has 58 valence electrons. The molecule has 1 aromatic rings. The molecular weight excluding hydrogens is 158 g/mol. The standard InChI is InChI=1S/C7H9N3S/c1-3-8-4-2-6(1)7-9-5-10-11-7/h1,5,8H,2-4H2/p+1. The summed E-state index contributed by atoms with van der Waals surface area (Å²) in [6.07, 6.45) is 5.00. The fourth-order valence-corrected chi connectivity index (χ4v) is 1.80. The second-order valence-electron chi connectivity index (χ2n) is 2.54. The van der Waals surface area contributed by atoms with Crippen molar-refractivity contribution in [3.63, 3.8) is 0 Å². The molecule has 0 aliphatic carbocycles. The molecule has 0 unspecified atom stereocenters. The molecule has 0 saturated heterocycles. The zero-order chi connectivity index (χ0) is 7.52. The Morgan fingerprint density at radius 2 is 2.55 bits per heavy atom. The molecule has 1 aromatic heterocycles. The molecule has 0 atom stereocenters. The molecule has 0 amide bonds. The first-order valence-electron chi connectivity index (χ1n) is 3.74. The number of nitrogens with zero attached hydrogens (tertiary/aromatic N) is 2. The highest BCUT2D eigenvalue weighted by Gasteiger charge is 2.09. The van der Waals surface area contributed by atoms with Crippen molar-refractivity contribution >= 4 is 17.1 Å². The third kappa shape index (κ3) is 1.46. The molecule has 2 heterocycles. The number of rotatable bonds is 1. The summed E-state index contributed by atoms with van der Waals surface area (Å²) < 4.78 is 3.98. The average molecular weight is 168 g/mol. The van der Waals surface area contributed by atoms with Gasteiger partial charge in [-0.05, 0) is 23.2 Å². The van der Waals surface area contributed by atoms with E-state index >= 15 is 0 Å². The molecule has 4 heteroatoms. The number of quaternary nitrogens is 1. The highest BCUT2D eigenvalue weighted by atomic mass is 32.1. The number of nitrogens with two attached hydrogens (primary N) is 1. The fourth-order valence-electron chi connectivity index (χ4n) is 1.21. The molecule has 2 N–H and O–H groups in total. The van der Waals surface area contributed by atoms with Crippen LogP contribution in [0.15, 0.2) is 12.4 Å². The number of hydrogen-bond acceptors (Lipinski definition) is 3. The van der Waals surface area contributed by atoms with Gasteiger partial charge in [0.05, 0.1) is 13.1 Å². The summed E-state index contributed by atoms with van der Waals surface area (Å²) in [7, 11) is 0. The molecule has 1 aliphatic heterocycles. The van der Waals surface area contributed by atoms with Gasteiger partial charge in [-0.1, -0.05) is 0 Å². The lowest BCUT2D eigenvalue weighted by Gasteiger charge is -2.07. The first kappa shape index (κ1) is 6.94. The predicted molar refractivity (Wildman–Crippen MR) is 44.2 cm³/mol. The molecule has 0 saturated carbocycles. The van der Waals surface area contributed by atoms with Crippen LogP contribution in [0.4, 0.5) is 0 Å². The van der Waals surface area contributed by atoms with Gasteiger partial charge in [0.25, 0.3) is 0 Å². The van der Waals surface area contributed by atoms with E-state index in [1.807, 2.05) is 0 Å². The topological polar surface area (TPSA) is 42.4 Å². The van der Waals surface area contributed by atoms with E-state index < -0.39 is 0 Å². The Balaban J connectivity index is 2.22. The van der Waals surface area contributed by atoms with Crippen molar-refractivity contribution in [1.82, 2.24) is 9.36 Å². The summed E-state index contributed by atoms with van der Waals surface area (Å²) in [6.45, 7) is 2.28. The lowest BCUT2D eigenvalue weighted by Crippen LogP contribution is -2.84. The van der Waals surface area contributed by atoms with E-state index in [0.29, 0.717) is 0 Å². The van der Waals surface area contributed by atoms with Crippen molar-refractivity contribution in [3.05, 3.63) is 17.4 Å². The Hall–Kier alpha value is -0.740. The quantitative estimate of drug-likeness (QED) is 0.635. The van der Waals surface area contributed by atoms with E-state index in [1.54, 1.807) is 6.33 Å². The zero-order valence-electron chi connectivity index (χ0n) is 6.16. The Kier molecular flexibility index (Phi) is 1.96. The molecule has 0 radical (unpaired) electrons. The van der Waals surface area contributed by atoms with Crippen LogP contribution in [0.5, 0.6) is 0 Å². The van der Waals surface area contributed by atoms with Crippen LogP contribution in [0.25, 0.3) is 5.57 Å². The smallest absolute Gasteiger partial charge is 0.139 e. The maximum atomic E-state index is 4.17. The van der Waals surface area contributed by atoms with E-state index in [1.165, 1.54) is 23.7 Å². The van der Waals surface area contributed by atoms with Crippen molar-refractivity contribution < 1.29 is 5.32 Å². The highest BCUT2D eigenvalue weighted by molar-refractivity contribution is 7.06. The largest absolute Gasteiger partial charge is 0.343 e. The molecule has 0 fully saturated rings. The SMILES string of the molecule is C1=C(c2ncns2)CC[NH2+]C1. The van der Waals surface area contributed by atoms with Gasteiger partial charge in [0, 0.05) is 6.42 Å². The number of hydrogen-bond donors (Lipinski definition) is 1. The summed E-state index contributed by atoms with van der Waals surface area (Å²) in [5, 5.41) is 3.39. The van der Waals surface area contributed by atoms with Gasteiger partial charge in [0.2, 0.25) is 0 Å². The normalized spacial score (nSPS) is 18.0. The van der Waals surface area contributed by atoms with E-state index in [0.717, 1.165) is 18.0 Å². The average Bonchev–Trinajstić information content (AvgIpc) is 2.58. The van der Waals surface area contributed by atoms with Crippen LogP contribution in [0.3, 0.4) is 0 Å². The van der Waals surface area contributed by atoms with E-state index in [2.05, 4.69) is 20.8 Å². The maximum Gasteiger partial charge on any atom is 0.139 e. The molecule has 11 heavy (non-hydrogen) atoms. The minimum atomic E-state index is 1.09. The zero-order valence-corrected chi connectivity index (χ0v) is 6.97. The molecule has 1 aliphatic rings. The summed E-state index contributed by atoms with van der Waals surface area (Å²) in [4.78, 5) is 4.17. The van der Waals surface area contributed by atoms with Crippen LogP contribution in [-0.4, -0.2) is 22.4 Å². The Bertz CT molecular complexity index is 253. The first-order valence-corrected chi connectivity index (χ1v) is 4.52. The fraction of sp³-hybridized carbons (Fsp3) is 0.429. The van der Waals surface area contributed by atoms with Gasteiger partial charge in [-0.15, -0.1) is 0 Å². The Morgan fingerprint density at radius 3 is 3.18 bits per heavy atom. The van der Waals surface area contributed by atoms with E-state index in [-0.39, 0.29) is 0 Å². The first-order chi connectivity index (χ1) is 5.47. The van der Waals surface area contributed by atoms with E-state index in [9.17, 15) is 0 Å². The molecule has 2 rings (SSSR count). The summed E-state index contributed by atoms with van der Waals surface area (Å²) >= 11 is 1.49. The Morgan fingerprint density at radius 1 is 1.55 bits per heavy atom. The Labute approximate surface area is 69.3 Å². The van der Waals surface area contributed by atoms with Crippen LogP contribution >= 0.6 is 11.5 Å². The van der Waals surface area contributed by atoms with Crippen molar-refractivity contribution in [2.45, 2.75) is 6.42 Å². The molecular formula is C7H10N3S+. The highest BCUT2D eigenvalue weighted by Crippen LogP contribution is 2.17. The third-order valence-corrected chi connectivity index (χ3v) is 2.52. The number of aromatic nitrogens is 2. The van der Waals surface area contributed by atoms with Gasteiger partial charge < -0.3 is 5.32 Å². The molecule has 0 bridgehead atoms. The van der Waals surface area contributed by atoms with Crippen molar-refractivity contribution in [3.8, 4) is 0 Å². The van der Waals surface area contributed by atoms with Gasteiger partial charge >= 0.3 is 0 Å².